The Bertz CT molecular complexity index is 1120. The fourth-order valence-corrected chi connectivity index (χ4v) is 3.10. The smallest absolute Gasteiger partial charge is 0.342 e. The fourth-order valence-electron chi connectivity index (χ4n) is 3.10. The third-order valence-electron chi connectivity index (χ3n) is 4.65. The van der Waals surface area contributed by atoms with Crippen LogP contribution in [0.5, 0.6) is 0 Å². The number of nitrogens with zero attached hydrogens (tertiary/aromatic N) is 2. The molecule has 0 saturated heterocycles. The number of hydrogen-bond donors (Lipinski definition) is 3. The Morgan fingerprint density at radius 1 is 1.10 bits per heavy atom. The van der Waals surface area contributed by atoms with Crippen molar-refractivity contribution in [1.29, 1.82) is 5.53 Å². The first-order valence-electron chi connectivity index (χ1n) is 8.91. The molecule has 0 radical (unpaired) electrons. The molecule has 0 bridgehead atoms. The molecular weight excluding hydrogens is 395 g/mol. The second-order valence-corrected chi connectivity index (χ2v) is 6.61. The highest BCUT2D eigenvalue weighted by Crippen LogP contribution is 2.33. The molecule has 1 unspecified atom stereocenters. The summed E-state index contributed by atoms with van der Waals surface area (Å²) in [5, 5.41) is 10.7. The van der Waals surface area contributed by atoms with E-state index in [2.05, 4.69) is 15.5 Å². The first kappa shape index (κ1) is 21.0. The van der Waals surface area contributed by atoms with E-state index in [0.717, 1.165) is 28.5 Å². The number of halogens is 3. The number of nitrogens with one attached hydrogen (secondary N) is 2. The van der Waals surface area contributed by atoms with Crippen LogP contribution in [0.1, 0.15) is 22.8 Å². The number of carbonyl (C=O) groups is 1. The minimum Gasteiger partial charge on any atom is -0.342 e. The summed E-state index contributed by atoms with van der Waals surface area (Å²) in [6, 6.07) is 14.8. The minimum absolute atomic E-state index is 0.0197. The molecule has 4 N–H and O–H groups in total. The minimum atomic E-state index is -4.39. The van der Waals surface area contributed by atoms with Crippen LogP contribution in [0.15, 0.2) is 70.9 Å². The second-order valence-electron chi connectivity index (χ2n) is 6.61. The van der Waals surface area contributed by atoms with Crippen LogP contribution in [-0.2, 0) is 6.18 Å². The number of benzene rings is 3. The van der Waals surface area contributed by atoms with Crippen LogP contribution in [0.3, 0.4) is 0 Å². The second kappa shape index (κ2) is 8.32. The van der Waals surface area contributed by atoms with Gasteiger partial charge < -0.3 is 11.2 Å². The van der Waals surface area contributed by atoms with Gasteiger partial charge in [-0.1, -0.05) is 36.4 Å². The molecule has 0 aliphatic rings. The van der Waals surface area contributed by atoms with Gasteiger partial charge in [-0.3, -0.25) is 4.79 Å². The molecule has 0 aliphatic heterocycles. The topological polar surface area (TPSA) is 104 Å². The predicted octanol–water partition coefficient (Wildman–Crippen LogP) is 4.95. The van der Waals surface area contributed by atoms with Gasteiger partial charge in [0, 0.05) is 5.56 Å². The Labute approximate surface area is 170 Å². The van der Waals surface area contributed by atoms with Gasteiger partial charge in [-0.2, -0.15) is 18.3 Å². The van der Waals surface area contributed by atoms with Crippen molar-refractivity contribution in [3.8, 4) is 11.1 Å². The molecule has 1 atom stereocenters. The SMILES string of the molecule is CC(NC(=O)c1ccc2c(-c3ccc(C(F)(F)F)cc3)cccc2c1)/C(N=N)=N/N. The van der Waals surface area contributed by atoms with E-state index in [0.29, 0.717) is 11.1 Å². The molecule has 6 nitrogen and oxygen atoms in total. The lowest BCUT2D eigenvalue weighted by Crippen LogP contribution is -2.38. The third kappa shape index (κ3) is 4.29. The zero-order chi connectivity index (χ0) is 21.9. The summed E-state index contributed by atoms with van der Waals surface area (Å²) in [4.78, 5) is 12.5. The average Bonchev–Trinajstić information content (AvgIpc) is 2.73. The predicted molar refractivity (Wildman–Crippen MR) is 108 cm³/mol. The van der Waals surface area contributed by atoms with Crippen molar-refractivity contribution < 1.29 is 18.0 Å². The molecular formula is C21H18F3N5O. The summed E-state index contributed by atoms with van der Waals surface area (Å²) in [5.41, 5.74) is 8.06. The van der Waals surface area contributed by atoms with Crippen LogP contribution in [-0.4, -0.2) is 17.8 Å². The summed E-state index contributed by atoms with van der Waals surface area (Å²) in [5.74, 6) is 4.72. The summed E-state index contributed by atoms with van der Waals surface area (Å²) < 4.78 is 38.4. The molecule has 3 rings (SSSR count). The Balaban J connectivity index is 1.92. The molecule has 9 heteroatoms. The van der Waals surface area contributed by atoms with Crippen molar-refractivity contribution in [1.82, 2.24) is 5.32 Å². The van der Waals surface area contributed by atoms with Gasteiger partial charge in [0.2, 0.25) is 0 Å². The van der Waals surface area contributed by atoms with Crippen molar-refractivity contribution in [2.24, 2.45) is 16.1 Å². The van der Waals surface area contributed by atoms with Crippen LogP contribution in [0.2, 0.25) is 0 Å². The van der Waals surface area contributed by atoms with Crippen LogP contribution < -0.4 is 11.2 Å². The normalized spacial score (nSPS) is 13.1. The number of carbonyl (C=O) groups excluding carboxylic acids is 1. The number of amidine groups is 1. The average molecular weight is 413 g/mol. The maximum Gasteiger partial charge on any atom is 0.416 e. The monoisotopic (exact) mass is 413 g/mol. The maximum absolute atomic E-state index is 12.8. The van der Waals surface area contributed by atoms with Gasteiger partial charge in [-0.05, 0) is 53.1 Å². The first-order valence-corrected chi connectivity index (χ1v) is 8.91. The Morgan fingerprint density at radius 3 is 2.40 bits per heavy atom. The lowest BCUT2D eigenvalue weighted by atomic mass is 9.96. The van der Waals surface area contributed by atoms with Gasteiger partial charge in [-0.25, -0.2) is 5.53 Å². The first-order chi connectivity index (χ1) is 14.2. The lowest BCUT2D eigenvalue weighted by Gasteiger charge is -2.13. The highest BCUT2D eigenvalue weighted by atomic mass is 19.4. The molecule has 0 spiro atoms. The number of alkyl halides is 3. The number of hydrazone groups is 1. The van der Waals surface area contributed by atoms with E-state index in [1.54, 1.807) is 31.2 Å². The molecule has 0 aliphatic carbocycles. The molecule has 0 fully saturated rings. The molecule has 1 amide bonds. The van der Waals surface area contributed by atoms with Crippen LogP contribution in [0, 0.1) is 5.53 Å². The van der Waals surface area contributed by atoms with Crippen molar-refractivity contribution in [2.45, 2.75) is 19.1 Å². The van der Waals surface area contributed by atoms with E-state index < -0.39 is 23.7 Å². The van der Waals surface area contributed by atoms with E-state index in [4.69, 9.17) is 11.4 Å². The summed E-state index contributed by atoms with van der Waals surface area (Å²) in [6.07, 6.45) is -4.39. The van der Waals surface area contributed by atoms with Crippen LogP contribution in [0.4, 0.5) is 13.2 Å². The van der Waals surface area contributed by atoms with Crippen LogP contribution >= 0.6 is 0 Å². The van der Waals surface area contributed by atoms with Gasteiger partial charge in [0.1, 0.15) is 0 Å². The molecule has 0 aromatic heterocycles. The van der Waals surface area contributed by atoms with Gasteiger partial charge in [-0.15, -0.1) is 5.11 Å². The van der Waals surface area contributed by atoms with E-state index in [9.17, 15) is 18.0 Å². The van der Waals surface area contributed by atoms with Crippen molar-refractivity contribution >= 4 is 22.5 Å². The Kier molecular flexibility index (Phi) is 5.81. The standard InChI is InChI=1S/C21H18F3N5O/c1-12(19(28-25)29-26)27-20(30)15-7-10-18-14(11-15)3-2-4-17(18)13-5-8-16(9-6-13)21(22,23)24/h2-12,25H,26H2,1H3,(H,27,30)/b28-25?,29-19-. The molecule has 0 heterocycles. The Morgan fingerprint density at radius 2 is 1.80 bits per heavy atom. The molecule has 154 valence electrons. The van der Waals surface area contributed by atoms with Gasteiger partial charge in [0.15, 0.2) is 5.84 Å². The highest BCUT2D eigenvalue weighted by Gasteiger charge is 2.30. The number of rotatable bonds is 4. The summed E-state index contributed by atoms with van der Waals surface area (Å²) in [7, 11) is 0. The molecule has 0 saturated carbocycles. The number of hydrogen-bond acceptors (Lipinski definition) is 4. The molecule has 3 aromatic carbocycles. The largest absolute Gasteiger partial charge is 0.416 e. The number of amides is 1. The van der Waals surface area contributed by atoms with Gasteiger partial charge in [0.25, 0.3) is 5.91 Å². The van der Waals surface area contributed by atoms with E-state index >= 15 is 0 Å². The highest BCUT2D eigenvalue weighted by molar-refractivity contribution is 6.04. The van der Waals surface area contributed by atoms with Crippen molar-refractivity contribution in [3.63, 3.8) is 0 Å². The van der Waals surface area contributed by atoms with Crippen molar-refractivity contribution in [2.75, 3.05) is 0 Å². The molecule has 3 aromatic rings. The van der Waals surface area contributed by atoms with Gasteiger partial charge in [0.05, 0.1) is 11.6 Å². The van der Waals surface area contributed by atoms with E-state index in [1.807, 2.05) is 12.1 Å². The Hall–Kier alpha value is -3.75. The van der Waals surface area contributed by atoms with Crippen molar-refractivity contribution in [3.05, 3.63) is 71.8 Å². The lowest BCUT2D eigenvalue weighted by molar-refractivity contribution is -0.137. The quantitative estimate of drug-likeness (QED) is 0.185. The zero-order valence-electron chi connectivity index (χ0n) is 15.9. The number of fused-ring (bicyclic) bond motifs is 1. The zero-order valence-corrected chi connectivity index (χ0v) is 15.9. The van der Waals surface area contributed by atoms with Crippen LogP contribution in [0.25, 0.3) is 21.9 Å². The summed E-state index contributed by atoms with van der Waals surface area (Å²) >= 11 is 0. The van der Waals surface area contributed by atoms with E-state index in [-0.39, 0.29) is 5.84 Å². The number of nitrogens with two attached hydrogens (primary N) is 1. The van der Waals surface area contributed by atoms with Gasteiger partial charge >= 0.3 is 6.18 Å². The maximum atomic E-state index is 12.8. The van der Waals surface area contributed by atoms with E-state index in [1.165, 1.54) is 12.1 Å². The summed E-state index contributed by atoms with van der Waals surface area (Å²) in [6.45, 7) is 1.60. The fraction of sp³-hybridized carbons (Fsp3) is 0.143. The molecule has 30 heavy (non-hydrogen) atoms. The third-order valence-corrected chi connectivity index (χ3v) is 4.65.